The number of carbonyl (C=O) groups is 1. The zero-order valence-electron chi connectivity index (χ0n) is 5.59. The summed E-state index contributed by atoms with van der Waals surface area (Å²) in [6.07, 6.45) is 5.79. The van der Waals surface area contributed by atoms with Gasteiger partial charge in [0, 0.05) is 6.42 Å². The fourth-order valence-electron chi connectivity index (χ4n) is 0.409. The Kier molecular flexibility index (Phi) is 5.25. The van der Waals surface area contributed by atoms with Gasteiger partial charge in [0.1, 0.15) is 6.29 Å². The summed E-state index contributed by atoms with van der Waals surface area (Å²) in [6.45, 7) is 3.54. The van der Waals surface area contributed by atoms with Gasteiger partial charge >= 0.3 is 0 Å². The van der Waals surface area contributed by atoms with Crippen LogP contribution in [0.4, 0.5) is 4.39 Å². The average Bonchev–Trinajstić information content (AvgIpc) is 1.89. The minimum atomic E-state index is 0.302. The van der Waals surface area contributed by atoms with E-state index in [0.29, 0.717) is 18.3 Å². The van der Waals surface area contributed by atoms with E-state index in [1.807, 2.05) is 0 Å². The Morgan fingerprint density at radius 3 is 2.70 bits per heavy atom. The van der Waals surface area contributed by atoms with Crippen LogP contribution in [0.15, 0.2) is 36.7 Å². The Labute approximate surface area is 59.6 Å². The molecule has 0 N–H and O–H groups in total. The van der Waals surface area contributed by atoms with E-state index in [9.17, 15) is 9.18 Å². The van der Waals surface area contributed by atoms with Crippen molar-refractivity contribution in [2.45, 2.75) is 6.42 Å². The van der Waals surface area contributed by atoms with E-state index < -0.39 is 0 Å². The second kappa shape index (κ2) is 5.95. The van der Waals surface area contributed by atoms with Crippen molar-refractivity contribution in [2.75, 3.05) is 0 Å². The van der Waals surface area contributed by atoms with Crippen LogP contribution >= 0.6 is 0 Å². The summed E-state index contributed by atoms with van der Waals surface area (Å²) in [4.78, 5) is 9.86. The van der Waals surface area contributed by atoms with Crippen molar-refractivity contribution in [1.82, 2.24) is 0 Å². The monoisotopic (exact) mass is 140 g/mol. The third-order valence-corrected chi connectivity index (χ3v) is 0.861. The highest BCUT2D eigenvalue weighted by Crippen LogP contribution is 1.96. The second-order valence-corrected chi connectivity index (χ2v) is 1.71. The largest absolute Gasteiger partial charge is 0.303 e. The van der Waals surface area contributed by atoms with Gasteiger partial charge in [-0.05, 0) is 11.6 Å². The Bertz CT molecular complexity index is 168. The van der Waals surface area contributed by atoms with Crippen LogP contribution in [-0.2, 0) is 4.79 Å². The zero-order chi connectivity index (χ0) is 7.82. The molecule has 0 atom stereocenters. The molecule has 0 heterocycles. The molecule has 0 amide bonds. The molecule has 0 aliphatic carbocycles. The van der Waals surface area contributed by atoms with Gasteiger partial charge in [0.25, 0.3) is 0 Å². The highest BCUT2D eigenvalue weighted by Gasteiger charge is 1.82. The number of halogens is 1. The maximum absolute atomic E-state index is 11.3. The summed E-state index contributed by atoms with van der Waals surface area (Å²) in [6, 6.07) is 0. The molecule has 0 bridgehead atoms. The van der Waals surface area contributed by atoms with Crippen LogP contribution in [0.2, 0.25) is 0 Å². The summed E-state index contributed by atoms with van der Waals surface area (Å²) in [7, 11) is 0. The fraction of sp³-hybridized carbons (Fsp3) is 0.125. The molecular weight excluding hydrogens is 131 g/mol. The lowest BCUT2D eigenvalue weighted by Gasteiger charge is -1.86. The fourth-order valence-corrected chi connectivity index (χ4v) is 0.409. The molecule has 10 heavy (non-hydrogen) atoms. The van der Waals surface area contributed by atoms with E-state index >= 15 is 0 Å². The van der Waals surface area contributed by atoms with E-state index in [0.717, 1.165) is 6.29 Å². The third-order valence-electron chi connectivity index (χ3n) is 0.861. The first kappa shape index (κ1) is 8.82. The molecule has 0 saturated carbocycles. The van der Waals surface area contributed by atoms with Gasteiger partial charge in [0.05, 0.1) is 6.33 Å². The van der Waals surface area contributed by atoms with Gasteiger partial charge < -0.3 is 4.79 Å². The van der Waals surface area contributed by atoms with E-state index in [1.54, 1.807) is 6.08 Å². The molecule has 0 fully saturated rings. The molecule has 2 heteroatoms. The summed E-state index contributed by atoms with van der Waals surface area (Å²) in [5, 5.41) is 0. The first-order chi connectivity index (χ1) is 4.81. The quantitative estimate of drug-likeness (QED) is 0.432. The minimum Gasteiger partial charge on any atom is -0.303 e. The van der Waals surface area contributed by atoms with E-state index in [-0.39, 0.29) is 0 Å². The highest BCUT2D eigenvalue weighted by molar-refractivity contribution is 5.55. The second-order valence-electron chi connectivity index (χ2n) is 1.71. The molecule has 0 rings (SSSR count). The molecule has 0 saturated heterocycles. The first-order valence-electron chi connectivity index (χ1n) is 2.86. The molecule has 0 radical (unpaired) electrons. The van der Waals surface area contributed by atoms with Gasteiger partial charge in [-0.1, -0.05) is 18.7 Å². The maximum atomic E-state index is 11.3. The number of carbonyl (C=O) groups excluding carboxylic acids is 1. The predicted molar refractivity (Wildman–Crippen MR) is 39.2 cm³/mol. The number of rotatable bonds is 4. The lowest BCUT2D eigenvalue weighted by atomic mass is 10.2. The van der Waals surface area contributed by atoms with Crippen LogP contribution < -0.4 is 0 Å². The summed E-state index contributed by atoms with van der Waals surface area (Å²) in [5.74, 6) is 0. The number of allylic oxidation sites excluding steroid dienone is 4. The molecule has 0 aromatic rings. The van der Waals surface area contributed by atoms with E-state index in [2.05, 4.69) is 6.58 Å². The standard InChI is InChI=1S/C8H9FO/c1-8(5-7-10)4-2-3-6-9/h2-4,6-7H,1,5H2/b4-2-,6-3+. The number of hydrogen-bond donors (Lipinski definition) is 0. The van der Waals surface area contributed by atoms with Gasteiger partial charge in [-0.2, -0.15) is 0 Å². The van der Waals surface area contributed by atoms with Crippen LogP contribution in [-0.4, -0.2) is 6.29 Å². The molecule has 0 aliphatic heterocycles. The third kappa shape index (κ3) is 4.97. The Morgan fingerprint density at radius 2 is 2.20 bits per heavy atom. The van der Waals surface area contributed by atoms with Crippen molar-refractivity contribution in [2.24, 2.45) is 0 Å². The molecule has 0 spiro atoms. The molecule has 0 unspecified atom stereocenters. The van der Waals surface area contributed by atoms with Crippen molar-refractivity contribution >= 4 is 6.29 Å². The normalized spacial score (nSPS) is 10.9. The smallest absolute Gasteiger partial charge is 0.124 e. The molecule has 1 nitrogen and oxygen atoms in total. The van der Waals surface area contributed by atoms with E-state index in [1.165, 1.54) is 12.2 Å². The van der Waals surface area contributed by atoms with Crippen molar-refractivity contribution in [3.63, 3.8) is 0 Å². The van der Waals surface area contributed by atoms with Crippen LogP contribution in [0.25, 0.3) is 0 Å². The SMILES string of the molecule is C=C(/C=C\C=C\F)CC=O. The van der Waals surface area contributed by atoms with Gasteiger partial charge in [0.2, 0.25) is 0 Å². The van der Waals surface area contributed by atoms with Crippen molar-refractivity contribution in [3.8, 4) is 0 Å². The van der Waals surface area contributed by atoms with Gasteiger partial charge in [-0.15, -0.1) is 0 Å². The van der Waals surface area contributed by atoms with Crippen LogP contribution in [0.3, 0.4) is 0 Å². The van der Waals surface area contributed by atoms with Crippen LogP contribution in [0.5, 0.6) is 0 Å². The Balaban J connectivity index is 3.66. The maximum Gasteiger partial charge on any atom is 0.124 e. The van der Waals surface area contributed by atoms with Gasteiger partial charge in [-0.25, -0.2) is 4.39 Å². The Hall–Kier alpha value is -1.18. The first-order valence-corrected chi connectivity index (χ1v) is 2.86. The predicted octanol–water partition coefficient (Wildman–Crippen LogP) is 2.17. The molecule has 0 aromatic carbocycles. The Morgan fingerprint density at radius 1 is 1.50 bits per heavy atom. The van der Waals surface area contributed by atoms with E-state index in [4.69, 9.17) is 0 Å². The van der Waals surface area contributed by atoms with Crippen LogP contribution in [0.1, 0.15) is 6.42 Å². The lowest BCUT2D eigenvalue weighted by molar-refractivity contribution is -0.107. The van der Waals surface area contributed by atoms with Gasteiger partial charge in [-0.3, -0.25) is 0 Å². The highest BCUT2D eigenvalue weighted by atomic mass is 19.1. The summed E-state index contributed by atoms with van der Waals surface area (Å²) >= 11 is 0. The molecule has 0 aliphatic rings. The van der Waals surface area contributed by atoms with Crippen LogP contribution in [0, 0.1) is 0 Å². The summed E-state index contributed by atoms with van der Waals surface area (Å²) < 4.78 is 11.3. The zero-order valence-corrected chi connectivity index (χ0v) is 5.59. The minimum absolute atomic E-state index is 0.302. The summed E-state index contributed by atoms with van der Waals surface area (Å²) in [5.41, 5.74) is 0.674. The molecule has 54 valence electrons. The van der Waals surface area contributed by atoms with Crippen molar-refractivity contribution in [3.05, 3.63) is 36.7 Å². The number of hydrogen-bond acceptors (Lipinski definition) is 1. The van der Waals surface area contributed by atoms with Crippen molar-refractivity contribution < 1.29 is 9.18 Å². The molecular formula is C8H9FO. The number of aldehydes is 1. The van der Waals surface area contributed by atoms with Gasteiger partial charge in [0.15, 0.2) is 0 Å². The average molecular weight is 140 g/mol. The molecule has 0 aromatic heterocycles. The topological polar surface area (TPSA) is 17.1 Å². The lowest BCUT2D eigenvalue weighted by Crippen LogP contribution is -1.75. The van der Waals surface area contributed by atoms with Crippen molar-refractivity contribution in [1.29, 1.82) is 0 Å².